The molecule has 2 heterocycles. The molecule has 5 nitrogen and oxygen atoms in total. The van der Waals surface area contributed by atoms with Gasteiger partial charge in [-0.15, -0.1) is 0 Å². The summed E-state index contributed by atoms with van der Waals surface area (Å²) in [6, 6.07) is 0. The SMILES string of the molecule is CC1CCN(CC(=O)N[C@]2(C)CCS(=O)(=O)C2)CC1. The minimum atomic E-state index is -2.97. The molecule has 0 radical (unpaired) electrons. The molecule has 2 rings (SSSR count). The van der Waals surface area contributed by atoms with Crippen molar-refractivity contribution in [2.24, 2.45) is 5.92 Å². The van der Waals surface area contributed by atoms with Crippen LogP contribution < -0.4 is 5.32 Å². The van der Waals surface area contributed by atoms with E-state index in [9.17, 15) is 13.2 Å². The first-order valence-electron chi connectivity index (χ1n) is 7.02. The number of piperidine rings is 1. The molecule has 2 aliphatic heterocycles. The van der Waals surface area contributed by atoms with Gasteiger partial charge in [-0.1, -0.05) is 6.92 Å². The highest BCUT2D eigenvalue weighted by atomic mass is 32.2. The van der Waals surface area contributed by atoms with E-state index in [1.807, 2.05) is 6.92 Å². The van der Waals surface area contributed by atoms with Gasteiger partial charge in [0.15, 0.2) is 9.84 Å². The van der Waals surface area contributed by atoms with E-state index < -0.39 is 15.4 Å². The van der Waals surface area contributed by atoms with E-state index in [0.29, 0.717) is 13.0 Å². The molecule has 1 atom stereocenters. The van der Waals surface area contributed by atoms with Gasteiger partial charge in [0.2, 0.25) is 5.91 Å². The highest BCUT2D eigenvalue weighted by Gasteiger charge is 2.39. The number of hydrogen-bond donors (Lipinski definition) is 1. The summed E-state index contributed by atoms with van der Waals surface area (Å²) in [6.45, 7) is 6.38. The highest BCUT2D eigenvalue weighted by Crippen LogP contribution is 2.23. The zero-order valence-electron chi connectivity index (χ0n) is 11.8. The highest BCUT2D eigenvalue weighted by molar-refractivity contribution is 7.91. The predicted octanol–water partition coefficient (Wildman–Crippen LogP) is 0.412. The number of nitrogens with zero attached hydrogens (tertiary/aromatic N) is 1. The number of nitrogens with one attached hydrogen (secondary N) is 1. The second-order valence-corrected chi connectivity index (χ2v) is 8.59. The van der Waals surface area contributed by atoms with Crippen LogP contribution in [-0.4, -0.2) is 55.9 Å². The Bertz CT molecular complexity index is 441. The summed E-state index contributed by atoms with van der Waals surface area (Å²) >= 11 is 0. The average molecular weight is 288 g/mol. The van der Waals surface area contributed by atoms with Crippen LogP contribution in [0.2, 0.25) is 0 Å². The molecule has 0 aliphatic carbocycles. The lowest BCUT2D eigenvalue weighted by molar-refractivity contribution is -0.124. The largest absolute Gasteiger partial charge is 0.349 e. The standard InChI is InChI=1S/C13H24N2O3S/c1-11-3-6-15(7-4-11)9-12(16)14-13(2)5-8-19(17,18)10-13/h11H,3-10H2,1-2H3,(H,14,16)/t13-/m1/s1. The summed E-state index contributed by atoms with van der Waals surface area (Å²) in [5, 5.41) is 2.91. The molecule has 0 bridgehead atoms. The van der Waals surface area contributed by atoms with Crippen molar-refractivity contribution in [3.63, 3.8) is 0 Å². The Morgan fingerprint density at radius 3 is 2.53 bits per heavy atom. The van der Waals surface area contributed by atoms with Crippen LogP contribution >= 0.6 is 0 Å². The van der Waals surface area contributed by atoms with Crippen molar-refractivity contribution in [3.8, 4) is 0 Å². The topological polar surface area (TPSA) is 66.5 Å². The third-order valence-corrected chi connectivity index (χ3v) is 6.09. The van der Waals surface area contributed by atoms with Crippen molar-refractivity contribution in [1.82, 2.24) is 10.2 Å². The zero-order chi connectivity index (χ0) is 14.1. The fourth-order valence-electron chi connectivity index (χ4n) is 2.91. The second kappa shape index (κ2) is 5.40. The lowest BCUT2D eigenvalue weighted by Crippen LogP contribution is -2.51. The molecule has 0 unspecified atom stereocenters. The number of amides is 1. The fourth-order valence-corrected chi connectivity index (χ4v) is 5.00. The maximum Gasteiger partial charge on any atom is 0.234 e. The number of sulfone groups is 1. The zero-order valence-corrected chi connectivity index (χ0v) is 12.6. The van der Waals surface area contributed by atoms with Gasteiger partial charge in [-0.25, -0.2) is 8.42 Å². The number of carbonyl (C=O) groups excluding carboxylic acids is 1. The summed E-state index contributed by atoms with van der Waals surface area (Å²) in [4.78, 5) is 14.2. The van der Waals surface area contributed by atoms with Crippen LogP contribution in [0.25, 0.3) is 0 Å². The molecule has 2 saturated heterocycles. The van der Waals surface area contributed by atoms with Crippen LogP contribution in [0.4, 0.5) is 0 Å². The van der Waals surface area contributed by atoms with E-state index in [-0.39, 0.29) is 17.4 Å². The molecule has 2 fully saturated rings. The molecular weight excluding hydrogens is 264 g/mol. The minimum absolute atomic E-state index is 0.0471. The Morgan fingerprint density at radius 2 is 2.00 bits per heavy atom. The molecule has 0 aromatic rings. The molecule has 6 heteroatoms. The Labute approximate surface area is 115 Å². The van der Waals surface area contributed by atoms with Gasteiger partial charge in [-0.2, -0.15) is 0 Å². The van der Waals surface area contributed by atoms with Crippen LogP contribution in [-0.2, 0) is 14.6 Å². The van der Waals surface area contributed by atoms with E-state index >= 15 is 0 Å². The summed E-state index contributed by atoms with van der Waals surface area (Å²) in [7, 11) is -2.97. The first-order chi connectivity index (χ1) is 8.78. The van der Waals surface area contributed by atoms with Gasteiger partial charge >= 0.3 is 0 Å². The smallest absolute Gasteiger partial charge is 0.234 e. The number of likely N-dealkylation sites (tertiary alicyclic amines) is 1. The first kappa shape index (κ1) is 14.8. The number of rotatable bonds is 3. The Hall–Kier alpha value is -0.620. The van der Waals surface area contributed by atoms with Gasteiger partial charge < -0.3 is 5.32 Å². The van der Waals surface area contributed by atoms with E-state index in [2.05, 4.69) is 17.1 Å². The van der Waals surface area contributed by atoms with Crippen LogP contribution in [0.1, 0.15) is 33.1 Å². The molecule has 1 N–H and O–H groups in total. The van der Waals surface area contributed by atoms with Crippen LogP contribution in [0.15, 0.2) is 0 Å². The Morgan fingerprint density at radius 1 is 1.37 bits per heavy atom. The molecule has 0 spiro atoms. The molecule has 0 saturated carbocycles. The van der Waals surface area contributed by atoms with Gasteiger partial charge in [0.25, 0.3) is 0 Å². The quantitative estimate of drug-likeness (QED) is 0.817. The van der Waals surface area contributed by atoms with Gasteiger partial charge in [-0.05, 0) is 45.2 Å². The van der Waals surface area contributed by atoms with Crippen LogP contribution in [0, 0.1) is 5.92 Å². The predicted molar refractivity (Wildman–Crippen MR) is 74.7 cm³/mol. The van der Waals surface area contributed by atoms with E-state index in [4.69, 9.17) is 0 Å². The molecule has 0 aromatic carbocycles. The average Bonchev–Trinajstić information content (AvgIpc) is 2.56. The van der Waals surface area contributed by atoms with E-state index in [1.165, 1.54) is 0 Å². The maximum absolute atomic E-state index is 12.0. The summed E-state index contributed by atoms with van der Waals surface area (Å²) in [5.74, 6) is 0.958. The fraction of sp³-hybridized carbons (Fsp3) is 0.923. The van der Waals surface area contributed by atoms with Crippen molar-refractivity contribution in [1.29, 1.82) is 0 Å². The van der Waals surface area contributed by atoms with Gasteiger partial charge in [0.05, 0.1) is 23.6 Å². The molecule has 2 aliphatic rings. The number of carbonyl (C=O) groups is 1. The van der Waals surface area contributed by atoms with Crippen molar-refractivity contribution in [2.45, 2.75) is 38.6 Å². The van der Waals surface area contributed by atoms with Gasteiger partial charge in [0, 0.05) is 0 Å². The monoisotopic (exact) mass is 288 g/mol. The van der Waals surface area contributed by atoms with Crippen molar-refractivity contribution in [2.75, 3.05) is 31.1 Å². The molecular formula is C13H24N2O3S. The molecule has 0 aromatic heterocycles. The van der Waals surface area contributed by atoms with Crippen LogP contribution in [0.5, 0.6) is 0 Å². The van der Waals surface area contributed by atoms with Crippen molar-refractivity contribution >= 4 is 15.7 Å². The van der Waals surface area contributed by atoms with Gasteiger partial charge in [-0.3, -0.25) is 9.69 Å². The van der Waals surface area contributed by atoms with E-state index in [0.717, 1.165) is 31.8 Å². The molecule has 110 valence electrons. The Balaban J connectivity index is 1.82. The van der Waals surface area contributed by atoms with Crippen LogP contribution in [0.3, 0.4) is 0 Å². The second-order valence-electron chi connectivity index (χ2n) is 6.41. The minimum Gasteiger partial charge on any atom is -0.349 e. The lowest BCUT2D eigenvalue weighted by atomic mass is 9.99. The maximum atomic E-state index is 12.0. The van der Waals surface area contributed by atoms with Gasteiger partial charge in [0.1, 0.15) is 0 Å². The van der Waals surface area contributed by atoms with Crippen molar-refractivity contribution in [3.05, 3.63) is 0 Å². The first-order valence-corrected chi connectivity index (χ1v) is 8.84. The molecule has 19 heavy (non-hydrogen) atoms. The summed E-state index contributed by atoms with van der Waals surface area (Å²) in [6.07, 6.45) is 2.80. The third-order valence-electron chi connectivity index (χ3n) is 4.19. The Kier molecular flexibility index (Phi) is 4.20. The third kappa shape index (κ3) is 4.18. The van der Waals surface area contributed by atoms with Crippen molar-refractivity contribution < 1.29 is 13.2 Å². The van der Waals surface area contributed by atoms with E-state index in [1.54, 1.807) is 0 Å². The normalized spacial score (nSPS) is 32.3. The number of hydrogen-bond acceptors (Lipinski definition) is 4. The lowest BCUT2D eigenvalue weighted by Gasteiger charge is -2.31. The summed E-state index contributed by atoms with van der Waals surface area (Å²) < 4.78 is 23.0. The molecule has 1 amide bonds. The summed E-state index contributed by atoms with van der Waals surface area (Å²) in [5.41, 5.74) is -0.570.